The maximum Gasteiger partial charge on any atom is 0.140 e. The Morgan fingerprint density at radius 2 is 2.00 bits per heavy atom. The maximum absolute atomic E-state index is 8.83. The van der Waals surface area contributed by atoms with Crippen LogP contribution in [0.25, 0.3) is 10.9 Å². The molecule has 3 aromatic rings. The quantitative estimate of drug-likeness (QED) is 0.727. The fraction of sp³-hybridized carbons (Fsp3) is 0.0625. The number of ether oxygens (including phenoxy) is 1. The molecule has 0 aliphatic carbocycles. The summed E-state index contributed by atoms with van der Waals surface area (Å²) in [4.78, 5) is 8.23. The van der Waals surface area contributed by atoms with Crippen LogP contribution in [0, 0.1) is 11.3 Å². The number of nitrogens with zero attached hydrogens (tertiary/aromatic N) is 3. The minimum atomic E-state index is 0.394. The summed E-state index contributed by atoms with van der Waals surface area (Å²) in [6.07, 6.45) is 3.37. The van der Waals surface area contributed by atoms with Crippen molar-refractivity contribution >= 4 is 10.9 Å². The van der Waals surface area contributed by atoms with Gasteiger partial charge in [0.15, 0.2) is 0 Å². The Hall–Kier alpha value is -2.93. The molecule has 0 radical (unpaired) electrons. The van der Waals surface area contributed by atoms with Crippen LogP contribution in [0.15, 0.2) is 54.9 Å². The Labute approximate surface area is 116 Å². The second kappa shape index (κ2) is 5.37. The zero-order valence-electron chi connectivity index (χ0n) is 10.7. The lowest BCUT2D eigenvalue weighted by molar-refractivity contribution is 0.310. The standard InChI is InChI=1S/C16H11N3O/c17-10-13-9-12(6-8-18-13)11-20-16-5-1-4-15-14(16)3-2-7-19-15/h1-9H,11H2. The highest BCUT2D eigenvalue weighted by Gasteiger charge is 2.03. The number of nitriles is 1. The van der Waals surface area contributed by atoms with Crippen LogP contribution in [0.1, 0.15) is 11.3 Å². The zero-order valence-corrected chi connectivity index (χ0v) is 10.7. The van der Waals surface area contributed by atoms with Gasteiger partial charge in [-0.05, 0) is 42.0 Å². The van der Waals surface area contributed by atoms with E-state index in [2.05, 4.69) is 9.97 Å². The highest BCUT2D eigenvalue weighted by Crippen LogP contribution is 2.24. The van der Waals surface area contributed by atoms with E-state index in [0.717, 1.165) is 22.2 Å². The van der Waals surface area contributed by atoms with Gasteiger partial charge in [0.1, 0.15) is 24.1 Å². The Bertz CT molecular complexity index is 788. The van der Waals surface area contributed by atoms with Gasteiger partial charge in [0.05, 0.1) is 5.52 Å². The third-order valence-corrected chi connectivity index (χ3v) is 2.94. The van der Waals surface area contributed by atoms with E-state index in [4.69, 9.17) is 10.00 Å². The Morgan fingerprint density at radius 3 is 2.90 bits per heavy atom. The summed E-state index contributed by atoms with van der Waals surface area (Å²) in [6, 6.07) is 15.2. The van der Waals surface area contributed by atoms with E-state index in [9.17, 15) is 0 Å². The molecule has 0 N–H and O–H groups in total. The van der Waals surface area contributed by atoms with Crippen molar-refractivity contribution < 1.29 is 4.74 Å². The van der Waals surface area contributed by atoms with Gasteiger partial charge < -0.3 is 4.74 Å². The topological polar surface area (TPSA) is 58.8 Å². The number of pyridine rings is 2. The van der Waals surface area contributed by atoms with E-state index in [-0.39, 0.29) is 0 Å². The van der Waals surface area contributed by atoms with Gasteiger partial charge in [-0.3, -0.25) is 4.98 Å². The van der Waals surface area contributed by atoms with E-state index in [0.29, 0.717) is 12.3 Å². The molecule has 4 nitrogen and oxygen atoms in total. The van der Waals surface area contributed by atoms with E-state index in [1.165, 1.54) is 0 Å². The van der Waals surface area contributed by atoms with Crippen molar-refractivity contribution in [2.45, 2.75) is 6.61 Å². The van der Waals surface area contributed by atoms with Crippen LogP contribution in [0.2, 0.25) is 0 Å². The molecular formula is C16H11N3O. The third-order valence-electron chi connectivity index (χ3n) is 2.94. The molecule has 0 spiro atoms. The molecule has 0 unspecified atom stereocenters. The SMILES string of the molecule is N#Cc1cc(COc2cccc3ncccc23)ccn1. The van der Waals surface area contributed by atoms with Crippen molar-refractivity contribution in [3.8, 4) is 11.8 Å². The Balaban J connectivity index is 1.85. The number of fused-ring (bicyclic) bond motifs is 1. The fourth-order valence-electron chi connectivity index (χ4n) is 1.99. The van der Waals surface area contributed by atoms with Crippen molar-refractivity contribution in [3.05, 3.63) is 66.1 Å². The lowest BCUT2D eigenvalue weighted by Crippen LogP contribution is -1.97. The lowest BCUT2D eigenvalue weighted by atomic mass is 10.2. The number of aromatic nitrogens is 2. The van der Waals surface area contributed by atoms with E-state index in [1.807, 2.05) is 42.5 Å². The summed E-state index contributed by atoms with van der Waals surface area (Å²) in [7, 11) is 0. The summed E-state index contributed by atoms with van der Waals surface area (Å²) in [5.74, 6) is 0.783. The number of rotatable bonds is 3. The summed E-state index contributed by atoms with van der Waals surface area (Å²) in [5, 5.41) is 9.80. The first kappa shape index (κ1) is 12.1. The van der Waals surface area contributed by atoms with Crippen LogP contribution in [-0.2, 0) is 6.61 Å². The van der Waals surface area contributed by atoms with Crippen LogP contribution in [0.3, 0.4) is 0 Å². The van der Waals surface area contributed by atoms with Gasteiger partial charge in [-0.2, -0.15) is 5.26 Å². The first-order valence-electron chi connectivity index (χ1n) is 6.18. The lowest BCUT2D eigenvalue weighted by Gasteiger charge is -2.08. The molecule has 1 aromatic carbocycles. The molecule has 2 heterocycles. The molecule has 0 amide bonds. The first-order valence-corrected chi connectivity index (χ1v) is 6.18. The molecule has 0 atom stereocenters. The zero-order chi connectivity index (χ0) is 13.8. The summed E-state index contributed by atoms with van der Waals surface area (Å²) >= 11 is 0. The average Bonchev–Trinajstić information content (AvgIpc) is 2.53. The van der Waals surface area contributed by atoms with E-state index in [1.54, 1.807) is 18.5 Å². The Kier molecular flexibility index (Phi) is 3.25. The molecule has 0 aliphatic heterocycles. The molecular weight excluding hydrogens is 250 g/mol. The minimum absolute atomic E-state index is 0.394. The summed E-state index contributed by atoms with van der Waals surface area (Å²) in [6.45, 7) is 0.394. The smallest absolute Gasteiger partial charge is 0.140 e. The van der Waals surface area contributed by atoms with Gasteiger partial charge >= 0.3 is 0 Å². The molecule has 3 rings (SSSR count). The molecule has 96 valence electrons. The predicted molar refractivity (Wildman–Crippen MR) is 75.0 cm³/mol. The summed E-state index contributed by atoms with van der Waals surface area (Å²) in [5.41, 5.74) is 2.21. The Morgan fingerprint density at radius 1 is 1.05 bits per heavy atom. The molecule has 20 heavy (non-hydrogen) atoms. The number of hydrogen-bond donors (Lipinski definition) is 0. The van der Waals surface area contributed by atoms with Gasteiger partial charge in [0, 0.05) is 17.8 Å². The van der Waals surface area contributed by atoms with Crippen LogP contribution in [0.4, 0.5) is 0 Å². The predicted octanol–water partition coefficient (Wildman–Crippen LogP) is 3.08. The minimum Gasteiger partial charge on any atom is -0.488 e. The number of hydrogen-bond acceptors (Lipinski definition) is 4. The normalized spacial score (nSPS) is 10.2. The van der Waals surface area contributed by atoms with Gasteiger partial charge in [-0.25, -0.2) is 4.98 Å². The van der Waals surface area contributed by atoms with Gasteiger partial charge in [-0.1, -0.05) is 6.07 Å². The molecule has 0 fully saturated rings. The van der Waals surface area contributed by atoms with E-state index < -0.39 is 0 Å². The van der Waals surface area contributed by atoms with Crippen LogP contribution >= 0.6 is 0 Å². The van der Waals surface area contributed by atoms with Crippen LogP contribution in [0.5, 0.6) is 5.75 Å². The molecule has 0 saturated heterocycles. The molecule has 0 bridgehead atoms. The van der Waals surface area contributed by atoms with Crippen molar-refractivity contribution in [1.29, 1.82) is 5.26 Å². The number of benzene rings is 1. The van der Waals surface area contributed by atoms with Gasteiger partial charge in [0.2, 0.25) is 0 Å². The van der Waals surface area contributed by atoms with Crippen molar-refractivity contribution in [1.82, 2.24) is 9.97 Å². The molecule has 2 aromatic heterocycles. The van der Waals surface area contributed by atoms with Gasteiger partial charge in [-0.15, -0.1) is 0 Å². The van der Waals surface area contributed by atoms with Crippen LogP contribution < -0.4 is 4.74 Å². The van der Waals surface area contributed by atoms with Crippen molar-refractivity contribution in [2.75, 3.05) is 0 Å². The molecule has 0 aliphatic rings. The van der Waals surface area contributed by atoms with E-state index >= 15 is 0 Å². The monoisotopic (exact) mass is 261 g/mol. The van der Waals surface area contributed by atoms with Crippen LogP contribution in [-0.4, -0.2) is 9.97 Å². The fourth-order valence-corrected chi connectivity index (χ4v) is 1.99. The highest BCUT2D eigenvalue weighted by atomic mass is 16.5. The first-order chi connectivity index (χ1) is 9.86. The second-order valence-electron chi connectivity index (χ2n) is 4.28. The molecule has 0 saturated carbocycles. The van der Waals surface area contributed by atoms with Crippen molar-refractivity contribution in [2.24, 2.45) is 0 Å². The summed E-state index contributed by atoms with van der Waals surface area (Å²) < 4.78 is 5.83. The second-order valence-corrected chi connectivity index (χ2v) is 4.28. The molecule has 4 heteroatoms. The highest BCUT2D eigenvalue weighted by molar-refractivity contribution is 5.84. The largest absolute Gasteiger partial charge is 0.488 e. The third kappa shape index (κ3) is 2.43. The van der Waals surface area contributed by atoms with Gasteiger partial charge in [0.25, 0.3) is 0 Å². The maximum atomic E-state index is 8.83. The van der Waals surface area contributed by atoms with Crippen molar-refractivity contribution in [3.63, 3.8) is 0 Å². The average molecular weight is 261 g/mol.